The first-order valence-corrected chi connectivity index (χ1v) is 13.0. The van der Waals surface area contributed by atoms with Gasteiger partial charge in [0.05, 0.1) is 10.4 Å². The number of carbonyl (C=O) groups is 2. The summed E-state index contributed by atoms with van der Waals surface area (Å²) in [7, 11) is -3.72. The van der Waals surface area contributed by atoms with Crippen molar-refractivity contribution in [2.75, 3.05) is 13.1 Å². The molecule has 35 heavy (non-hydrogen) atoms. The molecule has 1 N–H and O–H groups in total. The van der Waals surface area contributed by atoms with Crippen molar-refractivity contribution >= 4 is 32.8 Å². The van der Waals surface area contributed by atoms with Crippen molar-refractivity contribution in [2.45, 2.75) is 45.2 Å². The molecular weight excluding hydrogens is 466 g/mol. The van der Waals surface area contributed by atoms with E-state index in [1.165, 1.54) is 28.6 Å². The summed E-state index contributed by atoms with van der Waals surface area (Å²) in [5.41, 5.74) is 1.66. The van der Waals surface area contributed by atoms with Gasteiger partial charge in [-0.1, -0.05) is 58.0 Å². The van der Waals surface area contributed by atoms with Crippen molar-refractivity contribution in [3.63, 3.8) is 0 Å². The van der Waals surface area contributed by atoms with E-state index in [1.54, 1.807) is 33.9 Å². The summed E-state index contributed by atoms with van der Waals surface area (Å²) in [5, 5.41) is 3.64. The molecule has 0 saturated heterocycles. The predicted molar refractivity (Wildman–Crippen MR) is 134 cm³/mol. The Morgan fingerprint density at radius 3 is 2.40 bits per heavy atom. The Morgan fingerprint density at radius 1 is 1.03 bits per heavy atom. The van der Waals surface area contributed by atoms with Gasteiger partial charge < -0.3 is 10.1 Å². The Hall–Kier alpha value is -3.30. The summed E-state index contributed by atoms with van der Waals surface area (Å²) in [5.74, 6) is -1.38. The Kier molecular flexibility index (Phi) is 8.58. The van der Waals surface area contributed by atoms with Crippen LogP contribution in [-0.4, -0.2) is 48.7 Å². The molecular formula is C26H31N3O5S. The number of hydrogen-bond donors (Lipinski definition) is 1. The van der Waals surface area contributed by atoms with Gasteiger partial charge in [0.15, 0.2) is 0 Å². The minimum absolute atomic E-state index is 0.0177. The summed E-state index contributed by atoms with van der Waals surface area (Å²) < 4.78 is 32.5. The van der Waals surface area contributed by atoms with Crippen molar-refractivity contribution in [3.05, 3.63) is 71.9 Å². The molecule has 2 aromatic carbocycles. The number of nitrogens with one attached hydrogen (secondary N) is 1. The van der Waals surface area contributed by atoms with E-state index >= 15 is 0 Å². The van der Waals surface area contributed by atoms with Crippen molar-refractivity contribution in [1.29, 1.82) is 0 Å². The maximum atomic E-state index is 13.0. The van der Waals surface area contributed by atoms with Crippen LogP contribution in [-0.2, 0) is 26.2 Å². The van der Waals surface area contributed by atoms with E-state index in [2.05, 4.69) is 10.3 Å². The number of pyridine rings is 1. The van der Waals surface area contributed by atoms with Gasteiger partial charge in [0.1, 0.15) is 12.6 Å². The second kappa shape index (κ2) is 11.4. The van der Waals surface area contributed by atoms with Gasteiger partial charge in [-0.2, -0.15) is 4.31 Å². The lowest BCUT2D eigenvalue weighted by molar-refractivity contribution is -0.148. The summed E-state index contributed by atoms with van der Waals surface area (Å²) in [6.45, 7) is 7.77. The number of nitrogens with zero attached hydrogens (tertiary/aromatic N) is 2. The number of esters is 1. The van der Waals surface area contributed by atoms with E-state index in [0.29, 0.717) is 13.1 Å². The smallest absolute Gasteiger partial charge is 0.329 e. The fraction of sp³-hybridized carbons (Fsp3) is 0.346. The predicted octanol–water partition coefficient (Wildman–Crippen LogP) is 3.76. The second-order valence-electron chi connectivity index (χ2n) is 8.41. The van der Waals surface area contributed by atoms with Crippen LogP contribution in [0.5, 0.6) is 0 Å². The molecule has 0 bridgehead atoms. The van der Waals surface area contributed by atoms with Gasteiger partial charge in [-0.25, -0.2) is 13.2 Å². The first-order chi connectivity index (χ1) is 16.7. The third kappa shape index (κ3) is 6.04. The summed E-state index contributed by atoms with van der Waals surface area (Å²) in [6, 6.07) is 14.3. The Labute approximate surface area is 206 Å². The third-order valence-electron chi connectivity index (χ3n) is 5.73. The average Bonchev–Trinajstić information content (AvgIpc) is 2.86. The highest BCUT2D eigenvalue weighted by atomic mass is 32.2. The third-order valence-corrected chi connectivity index (χ3v) is 7.78. The van der Waals surface area contributed by atoms with E-state index in [4.69, 9.17) is 4.74 Å². The van der Waals surface area contributed by atoms with Crippen LogP contribution in [0.1, 0.15) is 43.6 Å². The molecule has 0 fully saturated rings. The number of hydrogen-bond acceptors (Lipinski definition) is 6. The normalized spacial score (nSPS) is 12.6. The number of benzene rings is 2. The van der Waals surface area contributed by atoms with Crippen molar-refractivity contribution in [1.82, 2.24) is 14.6 Å². The summed E-state index contributed by atoms with van der Waals surface area (Å²) in [4.78, 5) is 30.3. The molecule has 0 aliphatic carbocycles. The highest BCUT2D eigenvalue weighted by Crippen LogP contribution is 2.19. The molecule has 0 aliphatic heterocycles. The summed E-state index contributed by atoms with van der Waals surface area (Å²) >= 11 is 0. The van der Waals surface area contributed by atoms with Gasteiger partial charge in [0.2, 0.25) is 10.0 Å². The molecule has 0 radical (unpaired) electrons. The van der Waals surface area contributed by atoms with E-state index in [0.717, 1.165) is 16.5 Å². The fourth-order valence-corrected chi connectivity index (χ4v) is 5.26. The molecule has 9 heteroatoms. The van der Waals surface area contributed by atoms with Gasteiger partial charge in [0.25, 0.3) is 5.91 Å². The van der Waals surface area contributed by atoms with Crippen LogP contribution in [0.15, 0.2) is 65.7 Å². The number of sulfonamides is 1. The van der Waals surface area contributed by atoms with Crippen LogP contribution >= 0.6 is 0 Å². The zero-order chi connectivity index (χ0) is 25.6. The van der Waals surface area contributed by atoms with Crippen LogP contribution in [0.25, 0.3) is 10.9 Å². The molecule has 0 unspecified atom stereocenters. The monoisotopic (exact) mass is 497 g/mol. The first-order valence-electron chi connectivity index (χ1n) is 11.6. The first kappa shape index (κ1) is 26.3. The number of fused-ring (bicyclic) bond motifs is 1. The maximum Gasteiger partial charge on any atom is 0.329 e. The molecule has 186 valence electrons. The number of rotatable bonds is 10. The fourth-order valence-electron chi connectivity index (χ4n) is 3.76. The topological polar surface area (TPSA) is 106 Å². The van der Waals surface area contributed by atoms with Gasteiger partial charge in [-0.3, -0.25) is 9.78 Å². The van der Waals surface area contributed by atoms with Crippen molar-refractivity contribution < 1.29 is 22.7 Å². The SMILES string of the molecule is CCN(CC)S(=O)(=O)c1cccc(C(=O)N[C@H](C(=O)OCc2cccc3cccnc23)C(C)C)c1. The van der Waals surface area contributed by atoms with E-state index in [9.17, 15) is 18.0 Å². The van der Waals surface area contributed by atoms with Crippen LogP contribution in [0.3, 0.4) is 0 Å². The second-order valence-corrected chi connectivity index (χ2v) is 10.4. The van der Waals surface area contributed by atoms with Crippen molar-refractivity contribution in [3.8, 4) is 0 Å². The minimum Gasteiger partial charge on any atom is -0.459 e. The van der Waals surface area contributed by atoms with E-state index in [-0.39, 0.29) is 23.0 Å². The molecule has 1 amide bonds. The van der Waals surface area contributed by atoms with Gasteiger partial charge in [0, 0.05) is 35.8 Å². The largest absolute Gasteiger partial charge is 0.459 e. The minimum atomic E-state index is -3.72. The molecule has 1 atom stereocenters. The number of para-hydroxylation sites is 1. The van der Waals surface area contributed by atoms with Gasteiger partial charge >= 0.3 is 5.97 Å². The quantitative estimate of drug-likeness (QED) is 0.428. The standard InChI is InChI=1S/C26H31N3O5S/c1-5-29(6-2)35(32,33)22-14-8-11-20(16-22)25(30)28-23(18(3)4)26(31)34-17-21-12-7-10-19-13-9-15-27-24(19)21/h7-16,18,23H,5-6,17H2,1-4H3,(H,28,30)/t23-/m0/s1. The molecule has 0 saturated carbocycles. The Morgan fingerprint density at radius 2 is 1.71 bits per heavy atom. The molecule has 8 nitrogen and oxygen atoms in total. The van der Waals surface area contributed by atoms with E-state index < -0.39 is 27.9 Å². The van der Waals surface area contributed by atoms with Crippen LogP contribution in [0.4, 0.5) is 0 Å². The van der Waals surface area contributed by atoms with Crippen LogP contribution in [0.2, 0.25) is 0 Å². The lowest BCUT2D eigenvalue weighted by atomic mass is 10.0. The summed E-state index contributed by atoms with van der Waals surface area (Å²) in [6.07, 6.45) is 1.68. The molecule has 0 aliphatic rings. The number of aromatic nitrogens is 1. The van der Waals surface area contributed by atoms with E-state index in [1.807, 2.05) is 30.3 Å². The molecule has 3 aromatic rings. The van der Waals surface area contributed by atoms with Crippen molar-refractivity contribution in [2.24, 2.45) is 5.92 Å². The Balaban J connectivity index is 1.74. The zero-order valence-corrected chi connectivity index (χ0v) is 21.2. The van der Waals surface area contributed by atoms with Crippen LogP contribution in [0, 0.1) is 5.92 Å². The number of amides is 1. The molecule has 1 aromatic heterocycles. The van der Waals surface area contributed by atoms with Gasteiger partial charge in [-0.15, -0.1) is 0 Å². The molecule has 0 spiro atoms. The lowest BCUT2D eigenvalue weighted by Gasteiger charge is -2.22. The Bertz CT molecular complexity index is 1300. The number of carbonyl (C=O) groups excluding carboxylic acids is 2. The number of ether oxygens (including phenoxy) is 1. The van der Waals surface area contributed by atoms with Gasteiger partial charge in [-0.05, 0) is 30.2 Å². The lowest BCUT2D eigenvalue weighted by Crippen LogP contribution is -2.45. The molecule has 1 heterocycles. The highest BCUT2D eigenvalue weighted by Gasteiger charge is 2.28. The zero-order valence-electron chi connectivity index (χ0n) is 20.4. The average molecular weight is 498 g/mol. The molecule has 3 rings (SSSR count). The highest BCUT2D eigenvalue weighted by molar-refractivity contribution is 7.89. The van der Waals surface area contributed by atoms with Crippen LogP contribution < -0.4 is 5.32 Å². The maximum absolute atomic E-state index is 13.0.